The third kappa shape index (κ3) is 5.63. The predicted octanol–water partition coefficient (Wildman–Crippen LogP) is 5.11. The van der Waals surface area contributed by atoms with Crippen LogP contribution in [0.1, 0.15) is 18.1 Å². The van der Waals surface area contributed by atoms with Crippen molar-refractivity contribution in [2.24, 2.45) is 0 Å². The normalized spacial score (nSPS) is 13.0. The van der Waals surface area contributed by atoms with E-state index in [0.717, 1.165) is 0 Å². The molecule has 0 saturated carbocycles. The minimum Gasteiger partial charge on any atom is -0.394 e. The minimum absolute atomic E-state index is 0.0160. The van der Waals surface area contributed by atoms with Crippen molar-refractivity contribution in [2.75, 3.05) is 17.2 Å². The van der Waals surface area contributed by atoms with E-state index < -0.39 is 35.2 Å². The average Bonchev–Trinajstić information content (AvgIpc) is 2.73. The highest BCUT2D eigenvalue weighted by Gasteiger charge is 2.38. The molecule has 1 atom stereocenters. The van der Waals surface area contributed by atoms with Gasteiger partial charge in [0.2, 0.25) is 5.95 Å². The summed E-state index contributed by atoms with van der Waals surface area (Å²) < 4.78 is 79.2. The second-order valence-electron chi connectivity index (χ2n) is 6.79. The zero-order chi connectivity index (χ0) is 23.5. The highest BCUT2D eigenvalue weighted by atomic mass is 19.4. The number of halogens is 6. The predicted molar refractivity (Wildman–Crippen MR) is 105 cm³/mol. The second-order valence-corrected chi connectivity index (χ2v) is 6.79. The molecule has 0 spiro atoms. The van der Waals surface area contributed by atoms with Crippen LogP contribution in [0.4, 0.5) is 43.8 Å². The van der Waals surface area contributed by atoms with Gasteiger partial charge in [-0.25, -0.2) is 4.98 Å². The third-order valence-electron chi connectivity index (χ3n) is 4.22. The van der Waals surface area contributed by atoms with Gasteiger partial charge in [-0.1, -0.05) is 6.07 Å². The largest absolute Gasteiger partial charge is 0.418 e. The first-order valence-electron chi connectivity index (χ1n) is 9.20. The Kier molecular flexibility index (Phi) is 6.53. The number of nitrogens with one attached hydrogen (secondary N) is 2. The number of alkyl halides is 6. The molecule has 2 heterocycles. The summed E-state index contributed by atoms with van der Waals surface area (Å²) in [4.78, 5) is 12.5. The first kappa shape index (κ1) is 23.3. The first-order chi connectivity index (χ1) is 15.0. The summed E-state index contributed by atoms with van der Waals surface area (Å²) in [6, 6.07) is 7.07. The lowest BCUT2D eigenvalue weighted by atomic mass is 10.1. The van der Waals surface area contributed by atoms with E-state index in [2.05, 4.69) is 25.6 Å². The van der Waals surface area contributed by atoms with Gasteiger partial charge in [-0.15, -0.1) is 0 Å². The van der Waals surface area contributed by atoms with Gasteiger partial charge >= 0.3 is 12.4 Å². The van der Waals surface area contributed by atoms with E-state index >= 15 is 0 Å². The van der Waals surface area contributed by atoms with Crippen LogP contribution in [0.3, 0.4) is 0 Å². The number of aliphatic hydroxyl groups excluding tert-OH is 1. The molecule has 32 heavy (non-hydrogen) atoms. The van der Waals surface area contributed by atoms with Crippen LogP contribution < -0.4 is 10.6 Å². The van der Waals surface area contributed by atoms with E-state index in [4.69, 9.17) is 0 Å². The molecule has 0 aliphatic carbocycles. The Bertz CT molecular complexity index is 1070. The van der Waals surface area contributed by atoms with Crippen molar-refractivity contribution >= 4 is 17.5 Å². The SMILES string of the molecule is C[C@H](CO)Nc1nc(Nc2ccc(C(F)(F)F)cc2C(F)(F)F)cc(-c2ccccn2)n1. The fourth-order valence-corrected chi connectivity index (χ4v) is 2.69. The molecule has 0 saturated heterocycles. The van der Waals surface area contributed by atoms with Crippen LogP contribution in [0.2, 0.25) is 0 Å². The smallest absolute Gasteiger partial charge is 0.394 e. The second kappa shape index (κ2) is 8.99. The Labute approximate surface area is 178 Å². The number of anilines is 3. The monoisotopic (exact) mass is 457 g/mol. The summed E-state index contributed by atoms with van der Waals surface area (Å²) in [5.74, 6) is -0.128. The molecule has 0 amide bonds. The van der Waals surface area contributed by atoms with Gasteiger partial charge in [0.25, 0.3) is 0 Å². The maximum Gasteiger partial charge on any atom is 0.418 e. The molecular formula is C20H17F6N5O. The van der Waals surface area contributed by atoms with E-state index in [1.807, 2.05) is 0 Å². The Morgan fingerprint density at radius 2 is 1.69 bits per heavy atom. The van der Waals surface area contributed by atoms with Gasteiger partial charge in [-0.3, -0.25) is 4.98 Å². The molecule has 0 aliphatic rings. The molecule has 2 aromatic heterocycles. The average molecular weight is 457 g/mol. The quantitative estimate of drug-likeness (QED) is 0.446. The fourth-order valence-electron chi connectivity index (χ4n) is 2.69. The molecule has 1 aromatic carbocycles. The van der Waals surface area contributed by atoms with Crippen molar-refractivity contribution in [3.05, 3.63) is 59.8 Å². The van der Waals surface area contributed by atoms with Crippen LogP contribution in [0.15, 0.2) is 48.7 Å². The van der Waals surface area contributed by atoms with Gasteiger partial charge in [0.1, 0.15) is 5.82 Å². The molecule has 0 fully saturated rings. The van der Waals surface area contributed by atoms with Gasteiger partial charge in [0, 0.05) is 18.3 Å². The van der Waals surface area contributed by atoms with Gasteiger partial charge < -0.3 is 15.7 Å². The molecule has 12 heteroatoms. The summed E-state index contributed by atoms with van der Waals surface area (Å²) in [5.41, 5.74) is -2.90. The summed E-state index contributed by atoms with van der Waals surface area (Å²) in [6.45, 7) is 1.36. The van der Waals surface area contributed by atoms with Crippen molar-refractivity contribution < 1.29 is 31.4 Å². The molecule has 0 unspecified atom stereocenters. The maximum absolute atomic E-state index is 13.5. The van der Waals surface area contributed by atoms with E-state index in [9.17, 15) is 31.4 Å². The van der Waals surface area contributed by atoms with Crippen LogP contribution in [0.5, 0.6) is 0 Å². The highest BCUT2D eigenvalue weighted by molar-refractivity contribution is 5.67. The van der Waals surface area contributed by atoms with Crippen molar-refractivity contribution in [1.82, 2.24) is 15.0 Å². The molecular weight excluding hydrogens is 440 g/mol. The van der Waals surface area contributed by atoms with E-state index in [-0.39, 0.29) is 30.1 Å². The summed E-state index contributed by atoms with van der Waals surface area (Å²) in [7, 11) is 0. The van der Waals surface area contributed by atoms with E-state index in [1.54, 1.807) is 25.1 Å². The number of pyridine rings is 1. The van der Waals surface area contributed by atoms with Crippen LogP contribution in [-0.4, -0.2) is 32.7 Å². The van der Waals surface area contributed by atoms with Gasteiger partial charge in [-0.05, 0) is 37.3 Å². The summed E-state index contributed by atoms with van der Waals surface area (Å²) in [6.07, 6.45) is -8.49. The third-order valence-corrected chi connectivity index (χ3v) is 4.22. The number of aliphatic hydroxyl groups is 1. The number of rotatable bonds is 6. The molecule has 0 bridgehead atoms. The first-order valence-corrected chi connectivity index (χ1v) is 9.20. The van der Waals surface area contributed by atoms with E-state index in [0.29, 0.717) is 17.8 Å². The Balaban J connectivity index is 2.07. The molecule has 3 aromatic rings. The molecule has 3 rings (SSSR count). The lowest BCUT2D eigenvalue weighted by molar-refractivity contribution is -0.142. The Morgan fingerprint density at radius 3 is 2.28 bits per heavy atom. The van der Waals surface area contributed by atoms with Crippen molar-refractivity contribution in [3.8, 4) is 11.4 Å². The van der Waals surface area contributed by atoms with Crippen LogP contribution >= 0.6 is 0 Å². The Morgan fingerprint density at radius 1 is 0.938 bits per heavy atom. The zero-order valence-electron chi connectivity index (χ0n) is 16.5. The Hall–Kier alpha value is -3.41. The molecule has 3 N–H and O–H groups in total. The number of nitrogens with zero attached hydrogens (tertiary/aromatic N) is 3. The lowest BCUT2D eigenvalue weighted by Gasteiger charge is -2.18. The van der Waals surface area contributed by atoms with Crippen molar-refractivity contribution in [3.63, 3.8) is 0 Å². The topological polar surface area (TPSA) is 83.0 Å². The van der Waals surface area contributed by atoms with Crippen LogP contribution in [0, 0.1) is 0 Å². The zero-order valence-corrected chi connectivity index (χ0v) is 16.5. The van der Waals surface area contributed by atoms with Gasteiger partial charge in [0.05, 0.1) is 34.8 Å². The number of aromatic nitrogens is 3. The molecule has 0 radical (unpaired) electrons. The molecule has 170 valence electrons. The molecule has 6 nitrogen and oxygen atoms in total. The fraction of sp³-hybridized carbons (Fsp3) is 0.250. The van der Waals surface area contributed by atoms with Gasteiger partial charge in [-0.2, -0.15) is 31.3 Å². The van der Waals surface area contributed by atoms with Crippen LogP contribution in [-0.2, 0) is 12.4 Å². The number of hydrogen-bond acceptors (Lipinski definition) is 6. The number of hydrogen-bond donors (Lipinski definition) is 3. The maximum atomic E-state index is 13.5. The van der Waals surface area contributed by atoms with Crippen LogP contribution in [0.25, 0.3) is 11.4 Å². The van der Waals surface area contributed by atoms with Crippen molar-refractivity contribution in [2.45, 2.75) is 25.3 Å². The highest BCUT2D eigenvalue weighted by Crippen LogP contribution is 2.40. The summed E-state index contributed by atoms with van der Waals surface area (Å²) in [5, 5.41) is 14.5. The van der Waals surface area contributed by atoms with Crippen molar-refractivity contribution in [1.29, 1.82) is 0 Å². The minimum atomic E-state index is -5.05. The molecule has 0 aliphatic heterocycles. The summed E-state index contributed by atoms with van der Waals surface area (Å²) >= 11 is 0. The van der Waals surface area contributed by atoms with Gasteiger partial charge in [0.15, 0.2) is 0 Å². The number of benzene rings is 1. The lowest BCUT2D eigenvalue weighted by Crippen LogP contribution is -2.21. The standard InChI is InChI=1S/C20H17F6N5O/c1-11(10-32)28-18-30-16(15-4-2-3-7-27-15)9-17(31-18)29-14-6-5-12(19(21,22)23)8-13(14)20(24,25)26/h2-9,11,32H,10H2,1H3,(H2,28,29,30,31)/t11-/m1/s1. The van der Waals surface area contributed by atoms with E-state index in [1.165, 1.54) is 12.3 Å².